The Morgan fingerprint density at radius 1 is 1.09 bits per heavy atom. The number of benzene rings is 2. The maximum absolute atomic E-state index is 9.12. The highest BCUT2D eigenvalue weighted by molar-refractivity contribution is 7.99. The summed E-state index contributed by atoms with van der Waals surface area (Å²) in [5.74, 6) is 1.41. The Morgan fingerprint density at radius 3 is 2.61 bits per heavy atom. The summed E-state index contributed by atoms with van der Waals surface area (Å²) in [4.78, 5) is 0. The Balaban J connectivity index is 2.12. The largest absolute Gasteiger partial charge is 0.497 e. The number of nitrogens with one attached hydrogen (secondary N) is 1. The van der Waals surface area contributed by atoms with Crippen LogP contribution in [0.4, 0.5) is 0 Å². The Morgan fingerprint density at radius 2 is 1.87 bits per heavy atom. The third-order valence-corrected chi connectivity index (χ3v) is 4.44. The average molecular weight is 326 g/mol. The lowest BCUT2D eigenvalue weighted by atomic mass is 10.0. The van der Waals surface area contributed by atoms with Crippen LogP contribution in [0.1, 0.15) is 0 Å². The fraction of sp³-hybridized carbons (Fsp3) is 0.167. The van der Waals surface area contributed by atoms with Gasteiger partial charge in [-0.25, -0.2) is 0 Å². The minimum atomic E-state index is 0.121. The van der Waals surface area contributed by atoms with Crippen LogP contribution in [-0.4, -0.2) is 34.8 Å². The summed E-state index contributed by atoms with van der Waals surface area (Å²) in [5, 5.41) is 17.6. The minimum absolute atomic E-state index is 0.121. The molecular formula is C18H18N2O2S. The van der Waals surface area contributed by atoms with Crippen molar-refractivity contribution in [2.75, 3.05) is 19.5 Å². The van der Waals surface area contributed by atoms with Gasteiger partial charge in [-0.15, -0.1) is 11.8 Å². The van der Waals surface area contributed by atoms with Crippen molar-refractivity contribution in [1.29, 1.82) is 0 Å². The Kier molecular flexibility index (Phi) is 5.00. The highest BCUT2D eigenvalue weighted by Crippen LogP contribution is 2.38. The van der Waals surface area contributed by atoms with Crippen LogP contribution >= 0.6 is 11.8 Å². The summed E-state index contributed by atoms with van der Waals surface area (Å²) >= 11 is 1.54. The number of aromatic amines is 1. The van der Waals surface area contributed by atoms with Gasteiger partial charge in [0.15, 0.2) is 0 Å². The molecule has 0 saturated carbocycles. The van der Waals surface area contributed by atoms with Gasteiger partial charge in [-0.2, -0.15) is 5.10 Å². The summed E-state index contributed by atoms with van der Waals surface area (Å²) in [6, 6.07) is 18.0. The molecule has 118 valence electrons. The molecule has 5 heteroatoms. The van der Waals surface area contributed by atoms with Crippen molar-refractivity contribution < 1.29 is 9.84 Å². The van der Waals surface area contributed by atoms with Crippen LogP contribution in [0.5, 0.6) is 5.75 Å². The quantitative estimate of drug-likeness (QED) is 0.676. The van der Waals surface area contributed by atoms with Crippen molar-refractivity contribution in [2.24, 2.45) is 0 Å². The highest BCUT2D eigenvalue weighted by atomic mass is 32.2. The van der Waals surface area contributed by atoms with Crippen molar-refractivity contribution in [1.82, 2.24) is 10.2 Å². The fourth-order valence-electron chi connectivity index (χ4n) is 2.43. The van der Waals surface area contributed by atoms with Crippen molar-refractivity contribution in [3.05, 3.63) is 54.6 Å². The van der Waals surface area contributed by atoms with Crippen molar-refractivity contribution >= 4 is 11.8 Å². The molecule has 3 rings (SSSR count). The van der Waals surface area contributed by atoms with E-state index in [2.05, 4.69) is 22.3 Å². The monoisotopic (exact) mass is 326 g/mol. The molecule has 0 amide bonds. The summed E-state index contributed by atoms with van der Waals surface area (Å²) < 4.78 is 5.34. The molecule has 0 fully saturated rings. The van der Waals surface area contributed by atoms with E-state index in [4.69, 9.17) is 9.84 Å². The first-order chi connectivity index (χ1) is 11.3. The zero-order valence-electron chi connectivity index (χ0n) is 12.8. The Bertz CT molecular complexity index is 772. The Hall–Kier alpha value is -2.24. The molecule has 0 saturated heterocycles. The van der Waals surface area contributed by atoms with Crippen LogP contribution in [-0.2, 0) is 0 Å². The normalized spacial score (nSPS) is 10.7. The van der Waals surface area contributed by atoms with Gasteiger partial charge >= 0.3 is 0 Å². The van der Waals surface area contributed by atoms with E-state index in [1.807, 2.05) is 42.5 Å². The first-order valence-corrected chi connectivity index (χ1v) is 8.34. The molecule has 3 aromatic rings. The lowest BCUT2D eigenvalue weighted by Gasteiger charge is -2.08. The number of aliphatic hydroxyl groups is 1. The van der Waals surface area contributed by atoms with E-state index in [1.54, 1.807) is 7.11 Å². The first kappa shape index (κ1) is 15.6. The van der Waals surface area contributed by atoms with Crippen molar-refractivity contribution in [2.45, 2.75) is 5.03 Å². The lowest BCUT2D eigenvalue weighted by molar-refractivity contribution is 0.322. The van der Waals surface area contributed by atoms with E-state index >= 15 is 0 Å². The van der Waals surface area contributed by atoms with Crippen LogP contribution in [0.15, 0.2) is 59.6 Å². The fourth-order valence-corrected chi connectivity index (χ4v) is 3.19. The lowest BCUT2D eigenvalue weighted by Crippen LogP contribution is -1.89. The van der Waals surface area contributed by atoms with E-state index in [-0.39, 0.29) is 6.61 Å². The predicted molar refractivity (Wildman–Crippen MR) is 93.8 cm³/mol. The van der Waals surface area contributed by atoms with Gasteiger partial charge in [-0.1, -0.05) is 42.5 Å². The molecule has 0 aliphatic rings. The van der Waals surface area contributed by atoms with E-state index in [0.717, 1.165) is 33.2 Å². The molecule has 0 bridgehead atoms. The van der Waals surface area contributed by atoms with E-state index in [1.165, 1.54) is 11.8 Å². The van der Waals surface area contributed by atoms with Gasteiger partial charge in [0.2, 0.25) is 0 Å². The molecule has 0 aliphatic carbocycles. The molecule has 2 aromatic carbocycles. The summed E-state index contributed by atoms with van der Waals surface area (Å²) in [5.41, 5.74) is 4.12. The van der Waals surface area contributed by atoms with Gasteiger partial charge in [0.05, 0.1) is 19.4 Å². The SMILES string of the molecule is COc1cccc(-c2c(SCCO)n[nH]c2-c2ccccc2)c1. The number of hydrogen-bond acceptors (Lipinski definition) is 4. The second kappa shape index (κ2) is 7.35. The van der Waals surface area contributed by atoms with Crippen molar-refractivity contribution in [3.63, 3.8) is 0 Å². The molecule has 0 unspecified atom stereocenters. The third kappa shape index (κ3) is 3.41. The summed E-state index contributed by atoms with van der Waals surface area (Å²) in [6.07, 6.45) is 0. The second-order valence-electron chi connectivity index (χ2n) is 4.95. The van der Waals surface area contributed by atoms with Crippen LogP contribution in [0, 0.1) is 0 Å². The number of H-pyrrole nitrogens is 1. The number of ether oxygens (including phenoxy) is 1. The molecule has 0 radical (unpaired) electrons. The van der Waals surface area contributed by atoms with Gasteiger partial charge in [-0.3, -0.25) is 5.10 Å². The average Bonchev–Trinajstić information content (AvgIpc) is 3.04. The minimum Gasteiger partial charge on any atom is -0.497 e. The number of hydrogen-bond donors (Lipinski definition) is 2. The van der Waals surface area contributed by atoms with Crippen LogP contribution in [0.25, 0.3) is 22.4 Å². The maximum atomic E-state index is 9.12. The summed E-state index contributed by atoms with van der Waals surface area (Å²) in [6.45, 7) is 0.121. The molecule has 1 heterocycles. The van der Waals surface area contributed by atoms with Gasteiger partial charge in [-0.05, 0) is 17.7 Å². The van der Waals surface area contributed by atoms with E-state index < -0.39 is 0 Å². The predicted octanol–water partition coefficient (Wildman–Crippen LogP) is 3.84. The molecule has 0 spiro atoms. The molecule has 0 aliphatic heterocycles. The van der Waals surface area contributed by atoms with Gasteiger partial charge in [0.25, 0.3) is 0 Å². The smallest absolute Gasteiger partial charge is 0.126 e. The molecule has 2 N–H and O–H groups in total. The zero-order chi connectivity index (χ0) is 16.1. The third-order valence-electron chi connectivity index (χ3n) is 3.48. The summed E-state index contributed by atoms with van der Waals surface area (Å²) in [7, 11) is 1.66. The maximum Gasteiger partial charge on any atom is 0.126 e. The standard InChI is InChI=1S/C18H18N2O2S/c1-22-15-9-5-8-14(12-15)16-17(13-6-3-2-4-7-13)19-20-18(16)23-11-10-21/h2-9,12,21H,10-11H2,1H3,(H,19,20). The van der Waals surface area contributed by atoms with Crippen LogP contribution < -0.4 is 4.74 Å². The van der Waals surface area contributed by atoms with Gasteiger partial charge < -0.3 is 9.84 Å². The molecule has 1 aromatic heterocycles. The molecule has 4 nitrogen and oxygen atoms in total. The number of methoxy groups -OCH3 is 1. The first-order valence-electron chi connectivity index (χ1n) is 7.35. The molecule has 0 atom stereocenters. The molecule has 23 heavy (non-hydrogen) atoms. The van der Waals surface area contributed by atoms with Crippen molar-refractivity contribution in [3.8, 4) is 28.1 Å². The number of nitrogens with zero attached hydrogens (tertiary/aromatic N) is 1. The highest BCUT2D eigenvalue weighted by Gasteiger charge is 2.17. The number of aliphatic hydroxyl groups excluding tert-OH is 1. The van der Waals surface area contributed by atoms with E-state index in [9.17, 15) is 0 Å². The van der Waals surface area contributed by atoms with E-state index in [0.29, 0.717) is 5.75 Å². The van der Waals surface area contributed by atoms with Crippen LogP contribution in [0.3, 0.4) is 0 Å². The topological polar surface area (TPSA) is 58.1 Å². The number of thioether (sulfide) groups is 1. The van der Waals surface area contributed by atoms with Crippen LogP contribution in [0.2, 0.25) is 0 Å². The zero-order valence-corrected chi connectivity index (χ0v) is 13.6. The Labute approximate surface area is 139 Å². The second-order valence-corrected chi connectivity index (χ2v) is 6.03. The number of rotatable bonds is 6. The molecular weight excluding hydrogens is 308 g/mol. The number of aromatic nitrogens is 2. The van der Waals surface area contributed by atoms with Gasteiger partial charge in [0.1, 0.15) is 10.8 Å². The van der Waals surface area contributed by atoms with Gasteiger partial charge in [0, 0.05) is 16.9 Å².